The van der Waals surface area contributed by atoms with Gasteiger partial charge in [-0.1, -0.05) is 11.6 Å². The van der Waals surface area contributed by atoms with Crippen molar-refractivity contribution in [1.82, 2.24) is 14.8 Å². The molecule has 0 saturated heterocycles. The fourth-order valence-corrected chi connectivity index (χ4v) is 2.20. The van der Waals surface area contributed by atoms with Crippen LogP contribution in [0.3, 0.4) is 0 Å². The fourth-order valence-electron chi connectivity index (χ4n) is 1.95. The Balaban J connectivity index is 2.26. The van der Waals surface area contributed by atoms with Gasteiger partial charge in [-0.15, -0.1) is 0 Å². The summed E-state index contributed by atoms with van der Waals surface area (Å²) in [5.41, 5.74) is 2.00. The van der Waals surface area contributed by atoms with E-state index in [2.05, 4.69) is 10.2 Å². The van der Waals surface area contributed by atoms with E-state index in [1.54, 1.807) is 4.57 Å². The number of ether oxygens (including phenoxy) is 1. The molecule has 0 bridgehead atoms. The maximum absolute atomic E-state index is 6.14. The average molecular weight is 298 g/mol. The maximum atomic E-state index is 6.14. The molecule has 0 aliphatic rings. The minimum Gasteiger partial charge on any atom is -0.483 e. The Labute approximate surface area is 122 Å². The predicted molar refractivity (Wildman–Crippen MR) is 78.4 cm³/mol. The van der Waals surface area contributed by atoms with Gasteiger partial charge in [-0.25, -0.2) is 0 Å². The van der Waals surface area contributed by atoms with Gasteiger partial charge in [0.2, 0.25) is 0 Å². The molecule has 19 heavy (non-hydrogen) atoms. The lowest BCUT2D eigenvalue weighted by molar-refractivity contribution is 0.212. The van der Waals surface area contributed by atoms with Gasteiger partial charge in [-0.2, -0.15) is 5.10 Å². The molecular formula is C13H16ClN3OS. The van der Waals surface area contributed by atoms with Crippen LogP contribution in [0.5, 0.6) is 5.75 Å². The van der Waals surface area contributed by atoms with Crippen molar-refractivity contribution in [2.75, 3.05) is 0 Å². The molecule has 0 aliphatic carbocycles. The second kappa shape index (κ2) is 5.35. The summed E-state index contributed by atoms with van der Waals surface area (Å²) in [6.45, 7) is 5.86. The third-order valence-electron chi connectivity index (χ3n) is 3.00. The Morgan fingerprint density at radius 3 is 2.42 bits per heavy atom. The zero-order valence-electron chi connectivity index (χ0n) is 11.3. The molecule has 0 spiro atoms. The lowest BCUT2D eigenvalue weighted by Crippen LogP contribution is -2.10. The van der Waals surface area contributed by atoms with Crippen LogP contribution >= 0.6 is 23.8 Å². The molecule has 0 amide bonds. The standard InChI is InChI=1S/C13H16ClN3OS/c1-7-5-10(6-8(2)11(7)14)18-9(3)12-15-16-13(19)17(12)4/h5-6,9H,1-4H3,(H,16,19)/t9-/m0/s1. The second-order valence-corrected chi connectivity index (χ2v) is 5.34. The first kappa shape index (κ1) is 14.1. The molecule has 4 nitrogen and oxygen atoms in total. The topological polar surface area (TPSA) is 42.8 Å². The number of nitrogens with zero attached hydrogens (tertiary/aromatic N) is 2. The summed E-state index contributed by atoms with van der Waals surface area (Å²) in [5, 5.41) is 7.69. The second-order valence-electron chi connectivity index (χ2n) is 4.58. The molecule has 0 unspecified atom stereocenters. The van der Waals surface area contributed by atoms with Crippen LogP contribution < -0.4 is 4.74 Å². The summed E-state index contributed by atoms with van der Waals surface area (Å²) in [6.07, 6.45) is -0.196. The summed E-state index contributed by atoms with van der Waals surface area (Å²) in [7, 11) is 1.86. The van der Waals surface area contributed by atoms with E-state index in [0.29, 0.717) is 4.77 Å². The Hall–Kier alpha value is -1.33. The van der Waals surface area contributed by atoms with Crippen LogP contribution in [-0.2, 0) is 7.05 Å². The number of benzene rings is 1. The van der Waals surface area contributed by atoms with Crippen molar-refractivity contribution in [3.8, 4) is 5.75 Å². The highest BCUT2D eigenvalue weighted by Crippen LogP contribution is 2.28. The fraction of sp³-hybridized carbons (Fsp3) is 0.385. The molecule has 102 valence electrons. The number of hydrogen-bond acceptors (Lipinski definition) is 3. The third kappa shape index (κ3) is 2.82. The Morgan fingerprint density at radius 2 is 1.95 bits per heavy atom. The van der Waals surface area contributed by atoms with Crippen LogP contribution in [0.25, 0.3) is 0 Å². The molecule has 1 atom stereocenters. The van der Waals surface area contributed by atoms with E-state index in [-0.39, 0.29) is 6.10 Å². The number of rotatable bonds is 3. The van der Waals surface area contributed by atoms with Gasteiger partial charge in [-0.3, -0.25) is 5.10 Å². The highest BCUT2D eigenvalue weighted by molar-refractivity contribution is 7.71. The molecule has 2 aromatic rings. The van der Waals surface area contributed by atoms with E-state index in [9.17, 15) is 0 Å². The van der Waals surface area contributed by atoms with E-state index >= 15 is 0 Å². The normalized spacial score (nSPS) is 12.5. The summed E-state index contributed by atoms with van der Waals surface area (Å²) in [5.74, 6) is 1.54. The van der Waals surface area contributed by atoms with Crippen molar-refractivity contribution >= 4 is 23.8 Å². The number of halogens is 1. The summed E-state index contributed by atoms with van der Waals surface area (Å²) >= 11 is 11.2. The number of aromatic amines is 1. The Morgan fingerprint density at radius 1 is 1.37 bits per heavy atom. The van der Waals surface area contributed by atoms with Gasteiger partial charge in [0, 0.05) is 12.1 Å². The summed E-state index contributed by atoms with van der Waals surface area (Å²) in [4.78, 5) is 0. The van der Waals surface area contributed by atoms with Gasteiger partial charge in [-0.05, 0) is 56.2 Å². The van der Waals surface area contributed by atoms with Crippen LogP contribution in [0.2, 0.25) is 5.02 Å². The van der Waals surface area contributed by atoms with Crippen molar-refractivity contribution < 1.29 is 4.74 Å². The summed E-state index contributed by atoms with van der Waals surface area (Å²) < 4.78 is 8.28. The molecule has 1 N–H and O–H groups in total. The lowest BCUT2D eigenvalue weighted by Gasteiger charge is -2.15. The van der Waals surface area contributed by atoms with E-state index in [0.717, 1.165) is 27.7 Å². The number of aromatic nitrogens is 3. The van der Waals surface area contributed by atoms with Gasteiger partial charge in [0.05, 0.1) is 0 Å². The first-order chi connectivity index (χ1) is 8.90. The quantitative estimate of drug-likeness (QED) is 0.874. The van der Waals surface area contributed by atoms with E-state index < -0.39 is 0 Å². The van der Waals surface area contributed by atoms with E-state index in [1.807, 2.05) is 40.0 Å². The van der Waals surface area contributed by atoms with Crippen LogP contribution in [0, 0.1) is 18.6 Å². The van der Waals surface area contributed by atoms with Gasteiger partial charge < -0.3 is 9.30 Å². The van der Waals surface area contributed by atoms with Crippen molar-refractivity contribution in [3.05, 3.63) is 38.9 Å². The van der Waals surface area contributed by atoms with E-state index in [1.165, 1.54) is 0 Å². The first-order valence-electron chi connectivity index (χ1n) is 5.95. The van der Waals surface area contributed by atoms with E-state index in [4.69, 9.17) is 28.6 Å². The molecule has 0 radical (unpaired) electrons. The Bertz CT molecular complexity index is 639. The molecular weight excluding hydrogens is 282 g/mol. The maximum Gasteiger partial charge on any atom is 0.195 e. The average Bonchev–Trinajstić information content (AvgIpc) is 2.67. The smallest absolute Gasteiger partial charge is 0.195 e. The van der Waals surface area contributed by atoms with Gasteiger partial charge in [0.15, 0.2) is 16.7 Å². The number of hydrogen-bond donors (Lipinski definition) is 1. The highest BCUT2D eigenvalue weighted by atomic mass is 35.5. The Kier molecular flexibility index (Phi) is 3.96. The number of nitrogens with one attached hydrogen (secondary N) is 1. The monoisotopic (exact) mass is 297 g/mol. The zero-order chi connectivity index (χ0) is 14.2. The largest absolute Gasteiger partial charge is 0.483 e. The third-order valence-corrected chi connectivity index (χ3v) is 3.96. The van der Waals surface area contributed by atoms with Gasteiger partial charge in [0.1, 0.15) is 5.75 Å². The molecule has 1 heterocycles. The van der Waals surface area contributed by atoms with Gasteiger partial charge >= 0.3 is 0 Å². The lowest BCUT2D eigenvalue weighted by atomic mass is 10.1. The SMILES string of the molecule is Cc1cc(O[C@@H](C)c2n[nH]c(=S)n2C)cc(C)c1Cl. The number of H-pyrrole nitrogens is 1. The molecule has 6 heteroatoms. The minimum absolute atomic E-state index is 0.196. The highest BCUT2D eigenvalue weighted by Gasteiger charge is 2.14. The molecule has 1 aromatic carbocycles. The van der Waals surface area contributed by atoms with Crippen molar-refractivity contribution in [2.24, 2.45) is 7.05 Å². The molecule has 0 aliphatic heterocycles. The van der Waals surface area contributed by atoms with Crippen LogP contribution in [0.4, 0.5) is 0 Å². The van der Waals surface area contributed by atoms with Crippen molar-refractivity contribution in [3.63, 3.8) is 0 Å². The van der Waals surface area contributed by atoms with Crippen molar-refractivity contribution in [2.45, 2.75) is 26.9 Å². The number of aryl methyl sites for hydroxylation is 2. The first-order valence-corrected chi connectivity index (χ1v) is 6.73. The van der Waals surface area contributed by atoms with Gasteiger partial charge in [0.25, 0.3) is 0 Å². The molecule has 2 rings (SSSR count). The minimum atomic E-state index is -0.196. The molecule has 1 aromatic heterocycles. The molecule has 0 fully saturated rings. The van der Waals surface area contributed by atoms with Crippen molar-refractivity contribution in [1.29, 1.82) is 0 Å². The zero-order valence-corrected chi connectivity index (χ0v) is 12.9. The summed E-state index contributed by atoms with van der Waals surface area (Å²) in [6, 6.07) is 3.85. The van der Waals surface area contributed by atoms with Crippen LogP contribution in [0.15, 0.2) is 12.1 Å². The van der Waals surface area contributed by atoms with Crippen LogP contribution in [-0.4, -0.2) is 14.8 Å². The van der Waals surface area contributed by atoms with Crippen LogP contribution in [0.1, 0.15) is 30.0 Å². The molecule has 0 saturated carbocycles. The predicted octanol–water partition coefficient (Wildman–Crippen LogP) is 3.89.